The first-order chi connectivity index (χ1) is 20.7. The van der Waals surface area contributed by atoms with Crippen LogP contribution in [0.15, 0.2) is 83.8 Å². The molecule has 0 radical (unpaired) electrons. The van der Waals surface area contributed by atoms with Crippen molar-refractivity contribution in [2.75, 3.05) is 20.6 Å². The normalized spacial score (nSPS) is 14.0. The molecule has 1 aromatic heterocycles. The lowest BCUT2D eigenvalue weighted by molar-refractivity contribution is -0.146. The van der Waals surface area contributed by atoms with Crippen molar-refractivity contribution in [3.05, 3.63) is 94.2 Å². The smallest absolute Gasteiger partial charge is 0.246 e. The summed E-state index contributed by atoms with van der Waals surface area (Å²) in [4.78, 5) is 45.0. The number of nitrogens with two attached hydrogens (primary N) is 1. The van der Waals surface area contributed by atoms with Crippen LogP contribution in [-0.4, -0.2) is 77.0 Å². The van der Waals surface area contributed by atoms with Crippen molar-refractivity contribution in [1.29, 1.82) is 0 Å². The molecule has 0 spiro atoms. The highest BCUT2D eigenvalue weighted by molar-refractivity contribution is 7.09. The van der Waals surface area contributed by atoms with Crippen molar-refractivity contribution >= 4 is 29.1 Å². The minimum atomic E-state index is -0.875. The largest absolute Gasteiger partial charge is 0.392 e. The number of hydrogen-bond donors (Lipinski definition) is 3. The van der Waals surface area contributed by atoms with Gasteiger partial charge in [-0.05, 0) is 62.3 Å². The highest BCUT2D eigenvalue weighted by atomic mass is 32.1. The zero-order chi connectivity index (χ0) is 32.4. The van der Waals surface area contributed by atoms with Gasteiger partial charge in [-0.1, -0.05) is 66.2 Å². The molecule has 3 rings (SSSR count). The van der Waals surface area contributed by atoms with Gasteiger partial charge in [-0.3, -0.25) is 14.4 Å². The molecule has 3 atom stereocenters. The van der Waals surface area contributed by atoms with Crippen LogP contribution in [0, 0.1) is 0 Å². The number of carbonyl (C=O) groups excluding carboxylic acids is 3. The molecule has 0 saturated heterocycles. The van der Waals surface area contributed by atoms with Crippen molar-refractivity contribution in [3.8, 4) is 11.1 Å². The van der Waals surface area contributed by atoms with Crippen molar-refractivity contribution in [2.45, 2.75) is 70.7 Å². The number of aliphatic hydroxyl groups is 1. The van der Waals surface area contributed by atoms with Crippen LogP contribution >= 0.6 is 11.3 Å². The number of benzene rings is 2. The second-order valence-electron chi connectivity index (χ2n) is 12.2. The maximum absolute atomic E-state index is 14.3. The fourth-order valence-electron chi connectivity index (χ4n) is 5.09. The van der Waals surface area contributed by atoms with Crippen LogP contribution in [0.4, 0.5) is 0 Å². The third-order valence-electron chi connectivity index (χ3n) is 7.36. The van der Waals surface area contributed by atoms with E-state index in [2.05, 4.69) is 5.32 Å². The predicted octanol–water partition coefficient (Wildman–Crippen LogP) is 4.43. The Kier molecular flexibility index (Phi) is 12.5. The molecule has 44 heavy (non-hydrogen) atoms. The molecule has 0 aliphatic heterocycles. The molecule has 236 valence electrons. The standard InChI is InChI=1S/C35H46N4O4S/c1-24(22-35(3,4)36)19-32(41)38(5)31(20-26-14-16-28(17-15-26)27-11-8-7-9-12-27)34(43)39(6)30(21-29-13-10-18-44-29)33(42)37-23-25(2)40/h7-19,25,30-31,40H,20-23,36H2,1-6H3,(H,37,42)/t25-,30-,31-/m1/s1. The average Bonchev–Trinajstić information content (AvgIpc) is 3.49. The Morgan fingerprint density at radius 3 is 2.14 bits per heavy atom. The summed E-state index contributed by atoms with van der Waals surface area (Å²) in [7, 11) is 3.22. The number of rotatable bonds is 14. The van der Waals surface area contributed by atoms with E-state index in [0.29, 0.717) is 12.8 Å². The molecule has 9 heteroatoms. The molecule has 0 bridgehead atoms. The van der Waals surface area contributed by atoms with Crippen LogP contribution in [0.5, 0.6) is 0 Å². The van der Waals surface area contributed by atoms with Crippen LogP contribution in [0.3, 0.4) is 0 Å². The Hall–Kier alpha value is -3.79. The van der Waals surface area contributed by atoms with Gasteiger partial charge >= 0.3 is 0 Å². The maximum Gasteiger partial charge on any atom is 0.246 e. The third-order valence-corrected chi connectivity index (χ3v) is 8.26. The molecule has 0 aliphatic rings. The molecule has 8 nitrogen and oxygen atoms in total. The lowest BCUT2D eigenvalue weighted by Gasteiger charge is -2.34. The van der Waals surface area contributed by atoms with E-state index in [4.69, 9.17) is 5.73 Å². The summed E-state index contributed by atoms with van der Waals surface area (Å²) in [6.45, 7) is 7.31. The van der Waals surface area contributed by atoms with Gasteiger partial charge in [-0.15, -0.1) is 11.3 Å². The van der Waals surface area contributed by atoms with E-state index in [0.717, 1.165) is 27.1 Å². The van der Waals surface area contributed by atoms with Crippen LogP contribution in [-0.2, 0) is 27.2 Å². The number of hydrogen-bond acceptors (Lipinski definition) is 6. The van der Waals surface area contributed by atoms with E-state index in [1.807, 2.05) is 92.9 Å². The SMILES string of the molecule is CC(=CC(=O)N(C)[C@H](Cc1ccc(-c2ccccc2)cc1)C(=O)N(C)[C@H](Cc1cccs1)C(=O)NC[C@@H](C)O)CC(C)(C)N. The highest BCUT2D eigenvalue weighted by Gasteiger charge is 2.35. The summed E-state index contributed by atoms with van der Waals surface area (Å²) in [6.07, 6.45) is 1.90. The van der Waals surface area contributed by atoms with E-state index in [9.17, 15) is 19.5 Å². The third kappa shape index (κ3) is 10.4. The molecule has 3 amide bonds. The Morgan fingerprint density at radius 1 is 0.932 bits per heavy atom. The Morgan fingerprint density at radius 2 is 1.57 bits per heavy atom. The number of aliphatic hydroxyl groups excluding tert-OH is 1. The number of thiophene rings is 1. The van der Waals surface area contributed by atoms with Gasteiger partial charge in [-0.25, -0.2) is 0 Å². The van der Waals surface area contributed by atoms with Crippen LogP contribution in [0.1, 0.15) is 44.6 Å². The van der Waals surface area contributed by atoms with Crippen molar-refractivity contribution in [2.24, 2.45) is 5.73 Å². The fourth-order valence-corrected chi connectivity index (χ4v) is 5.84. The van der Waals surface area contributed by atoms with Crippen molar-refractivity contribution < 1.29 is 19.5 Å². The van der Waals surface area contributed by atoms with Crippen LogP contribution in [0.2, 0.25) is 0 Å². The highest BCUT2D eigenvalue weighted by Crippen LogP contribution is 2.22. The van der Waals surface area contributed by atoms with Crippen LogP contribution in [0.25, 0.3) is 11.1 Å². The molecule has 0 unspecified atom stereocenters. The summed E-state index contributed by atoms with van der Waals surface area (Å²) in [5, 5.41) is 14.4. The topological polar surface area (TPSA) is 116 Å². The minimum absolute atomic E-state index is 0.0684. The monoisotopic (exact) mass is 618 g/mol. The first kappa shape index (κ1) is 34.7. The number of likely N-dealkylation sites (N-methyl/N-ethyl adjacent to an activating group) is 2. The molecule has 0 saturated carbocycles. The lowest BCUT2D eigenvalue weighted by Crippen LogP contribution is -2.56. The van der Waals surface area contributed by atoms with E-state index in [1.165, 1.54) is 27.2 Å². The van der Waals surface area contributed by atoms with Gasteiger partial charge in [0.15, 0.2) is 0 Å². The summed E-state index contributed by atoms with van der Waals surface area (Å²) < 4.78 is 0. The Balaban J connectivity index is 1.94. The van der Waals surface area contributed by atoms with Crippen molar-refractivity contribution in [1.82, 2.24) is 15.1 Å². The molecule has 3 aromatic rings. The lowest BCUT2D eigenvalue weighted by atomic mass is 9.96. The average molecular weight is 619 g/mol. The molecule has 0 fully saturated rings. The number of nitrogens with one attached hydrogen (secondary N) is 1. The van der Waals surface area contributed by atoms with E-state index < -0.39 is 23.7 Å². The van der Waals surface area contributed by atoms with Gasteiger partial charge in [-0.2, -0.15) is 0 Å². The summed E-state index contributed by atoms with van der Waals surface area (Å²) in [5.41, 5.74) is 9.52. The number of carbonyl (C=O) groups is 3. The minimum Gasteiger partial charge on any atom is -0.392 e. The second-order valence-corrected chi connectivity index (χ2v) is 13.3. The van der Waals surface area contributed by atoms with Gasteiger partial charge in [0.1, 0.15) is 12.1 Å². The Bertz CT molecular complexity index is 1400. The summed E-state index contributed by atoms with van der Waals surface area (Å²) in [6, 6.07) is 20.1. The molecule has 1 heterocycles. The molecule has 2 aromatic carbocycles. The zero-order valence-electron chi connectivity index (χ0n) is 26.6. The van der Waals surface area contributed by atoms with E-state index in [-0.39, 0.29) is 30.7 Å². The fraction of sp³-hybridized carbons (Fsp3) is 0.400. The predicted molar refractivity (Wildman–Crippen MR) is 178 cm³/mol. The number of amides is 3. The van der Waals surface area contributed by atoms with E-state index >= 15 is 0 Å². The Labute approximate surface area is 265 Å². The van der Waals surface area contributed by atoms with Gasteiger partial charge in [0.25, 0.3) is 0 Å². The number of nitrogens with zero attached hydrogens (tertiary/aromatic N) is 2. The van der Waals surface area contributed by atoms with Gasteiger partial charge in [0, 0.05) is 50.0 Å². The van der Waals surface area contributed by atoms with Gasteiger partial charge in [0.05, 0.1) is 6.10 Å². The quantitative estimate of drug-likeness (QED) is 0.231. The molecular weight excluding hydrogens is 572 g/mol. The maximum atomic E-state index is 14.3. The van der Waals surface area contributed by atoms with Crippen molar-refractivity contribution in [3.63, 3.8) is 0 Å². The molecule has 4 N–H and O–H groups in total. The first-order valence-electron chi connectivity index (χ1n) is 14.9. The molecular formula is C35H46N4O4S. The van der Waals surface area contributed by atoms with Crippen LogP contribution < -0.4 is 11.1 Å². The van der Waals surface area contributed by atoms with Gasteiger partial charge < -0.3 is 26.0 Å². The first-order valence-corrected chi connectivity index (χ1v) is 15.7. The second kappa shape index (κ2) is 15.8. The summed E-state index contributed by atoms with van der Waals surface area (Å²) >= 11 is 1.51. The van der Waals surface area contributed by atoms with E-state index in [1.54, 1.807) is 21.0 Å². The summed E-state index contributed by atoms with van der Waals surface area (Å²) in [5.74, 6) is -1.03. The van der Waals surface area contributed by atoms with Gasteiger partial charge in [0.2, 0.25) is 17.7 Å². The zero-order valence-corrected chi connectivity index (χ0v) is 27.4. The molecule has 0 aliphatic carbocycles.